The molecule has 0 aliphatic heterocycles. The van der Waals surface area contributed by atoms with Crippen LogP contribution < -0.4 is 10.4 Å². The lowest BCUT2D eigenvalue weighted by molar-refractivity contribution is 0.800. The van der Waals surface area contributed by atoms with Crippen molar-refractivity contribution in [2.45, 2.75) is 5.41 Å². The summed E-state index contributed by atoms with van der Waals surface area (Å²) >= 11 is 0. The lowest BCUT2D eigenvalue weighted by atomic mass is 9.71. The topological polar surface area (TPSA) is 12.9 Å². The Morgan fingerprint density at radius 3 is 2.02 bits per heavy atom. The quantitative estimate of drug-likeness (QED) is 0.229. The van der Waals surface area contributed by atoms with E-state index in [0.717, 1.165) is 21.7 Å². The first-order chi connectivity index (χ1) is 20.2. The van der Waals surface area contributed by atoms with Crippen LogP contribution in [0.3, 0.4) is 0 Å². The van der Waals surface area contributed by atoms with Crippen molar-refractivity contribution in [2.24, 2.45) is 0 Å². The summed E-state index contributed by atoms with van der Waals surface area (Å²) in [7, 11) is 0. The third kappa shape index (κ3) is 3.59. The van der Waals surface area contributed by atoms with Crippen molar-refractivity contribution in [3.05, 3.63) is 173 Å². The van der Waals surface area contributed by atoms with Crippen LogP contribution in [0.4, 0.5) is 0 Å². The maximum Gasteiger partial charge on any atom is 0.0701 e. The van der Waals surface area contributed by atoms with E-state index in [1.54, 1.807) is 0 Å². The van der Waals surface area contributed by atoms with Gasteiger partial charge in [0.05, 0.1) is 11.1 Å². The van der Waals surface area contributed by atoms with E-state index < -0.39 is 5.41 Å². The van der Waals surface area contributed by atoms with Crippen LogP contribution in [-0.4, -0.2) is 4.98 Å². The summed E-state index contributed by atoms with van der Waals surface area (Å²) in [5.74, 6) is 0. The van der Waals surface area contributed by atoms with Crippen molar-refractivity contribution < 1.29 is 0 Å². The fourth-order valence-electron chi connectivity index (χ4n) is 6.71. The summed E-state index contributed by atoms with van der Waals surface area (Å²) < 4.78 is 0. The molecular weight excluding hydrogens is 494 g/mol. The van der Waals surface area contributed by atoms with Crippen LogP contribution in [0.25, 0.3) is 57.3 Å². The van der Waals surface area contributed by atoms with Gasteiger partial charge in [-0.1, -0.05) is 122 Å². The van der Waals surface area contributed by atoms with Gasteiger partial charge in [0.1, 0.15) is 0 Å². The van der Waals surface area contributed by atoms with Crippen molar-refractivity contribution in [3.8, 4) is 44.6 Å². The zero-order valence-electron chi connectivity index (χ0n) is 22.6. The molecule has 0 amide bonds. The minimum absolute atomic E-state index is 0.431. The largest absolute Gasteiger partial charge is 0.256 e. The molecular formula is C40H27N. The molecule has 0 saturated heterocycles. The Morgan fingerprint density at radius 2 is 1.20 bits per heavy atom. The Kier molecular flexibility index (Phi) is 5.27. The summed E-state index contributed by atoms with van der Waals surface area (Å²) in [6, 6.07) is 45.9. The molecule has 0 saturated carbocycles. The zero-order chi connectivity index (χ0) is 27.4. The van der Waals surface area contributed by atoms with E-state index in [-0.39, 0.29) is 0 Å². The van der Waals surface area contributed by atoms with Gasteiger partial charge >= 0.3 is 0 Å². The summed E-state index contributed by atoms with van der Waals surface area (Å²) in [5, 5.41) is 2.24. The van der Waals surface area contributed by atoms with Gasteiger partial charge in [0.15, 0.2) is 0 Å². The van der Waals surface area contributed by atoms with Gasteiger partial charge in [0.25, 0.3) is 0 Å². The molecule has 1 nitrogen and oxygen atoms in total. The average molecular weight is 522 g/mol. The fraction of sp³-hybridized carbons (Fsp3) is 0.0250. The molecule has 2 aliphatic carbocycles. The molecule has 2 aliphatic rings. The molecule has 1 atom stereocenters. The number of fused-ring (bicyclic) bond motifs is 8. The number of aromatic nitrogens is 1. The third-order valence-corrected chi connectivity index (χ3v) is 8.70. The Morgan fingerprint density at radius 1 is 0.512 bits per heavy atom. The van der Waals surface area contributed by atoms with Crippen molar-refractivity contribution in [1.82, 2.24) is 4.98 Å². The molecule has 1 aromatic heterocycles. The first-order valence-electron chi connectivity index (χ1n) is 14.1. The van der Waals surface area contributed by atoms with Gasteiger partial charge < -0.3 is 0 Å². The second-order valence-electron chi connectivity index (χ2n) is 10.9. The van der Waals surface area contributed by atoms with Crippen LogP contribution in [0.5, 0.6) is 0 Å². The van der Waals surface area contributed by atoms with Crippen LogP contribution in [0.1, 0.15) is 16.7 Å². The molecule has 6 aromatic rings. The number of pyridine rings is 1. The summed E-state index contributed by atoms with van der Waals surface area (Å²) in [5.41, 5.74) is 12.9. The van der Waals surface area contributed by atoms with Gasteiger partial charge in [0.2, 0.25) is 0 Å². The van der Waals surface area contributed by atoms with Crippen LogP contribution in [0.15, 0.2) is 146 Å². The highest BCUT2D eigenvalue weighted by molar-refractivity contribution is 5.88. The van der Waals surface area contributed by atoms with E-state index in [4.69, 9.17) is 0 Å². The van der Waals surface area contributed by atoms with Crippen molar-refractivity contribution >= 4 is 12.7 Å². The maximum absolute atomic E-state index is 4.66. The second-order valence-corrected chi connectivity index (χ2v) is 10.9. The van der Waals surface area contributed by atoms with Crippen molar-refractivity contribution in [2.75, 3.05) is 0 Å². The Balaban J connectivity index is 1.35. The molecule has 8 rings (SSSR count). The average Bonchev–Trinajstić information content (AvgIpc) is 3.29. The molecule has 1 heteroatoms. The van der Waals surface area contributed by atoms with Crippen LogP contribution in [-0.2, 0) is 5.41 Å². The zero-order valence-corrected chi connectivity index (χ0v) is 22.6. The number of rotatable bonds is 3. The van der Waals surface area contributed by atoms with E-state index in [0.29, 0.717) is 0 Å². The second kappa shape index (κ2) is 9.15. The minimum Gasteiger partial charge on any atom is -0.256 e. The molecule has 41 heavy (non-hydrogen) atoms. The van der Waals surface area contributed by atoms with Gasteiger partial charge in [-0.2, -0.15) is 0 Å². The Labute approximate surface area is 240 Å². The number of benzene rings is 5. The van der Waals surface area contributed by atoms with E-state index in [1.807, 2.05) is 24.4 Å². The van der Waals surface area contributed by atoms with Gasteiger partial charge in [-0.15, -0.1) is 0 Å². The molecule has 0 radical (unpaired) electrons. The first kappa shape index (κ1) is 23.6. The SMILES string of the molecule is C=c1c2cc(-c3ccc(-c4ccccn4)cc3)cc1=CC=CC21c2ccccc2-c2ccc(-c3ccccc3)cc21. The number of nitrogens with zero attached hydrogens (tertiary/aromatic N) is 1. The normalized spacial score (nSPS) is 16.1. The molecule has 2 bridgehead atoms. The highest BCUT2D eigenvalue weighted by Crippen LogP contribution is 2.54. The van der Waals surface area contributed by atoms with E-state index in [9.17, 15) is 0 Å². The van der Waals surface area contributed by atoms with Gasteiger partial charge in [-0.05, 0) is 90.8 Å². The van der Waals surface area contributed by atoms with Crippen LogP contribution in [0, 0.1) is 0 Å². The highest BCUT2D eigenvalue weighted by Gasteiger charge is 2.43. The van der Waals surface area contributed by atoms with E-state index in [1.165, 1.54) is 50.1 Å². The predicted molar refractivity (Wildman–Crippen MR) is 171 cm³/mol. The standard InChI is InChI=1S/C40H27N/c1-27-31-12-9-22-40(37(27)26-33(24-31)29-16-18-30(19-17-29)39-15-7-8-23-41-39)36-14-6-5-13-34(36)35-21-20-32(25-38(35)40)28-10-3-2-4-11-28/h2-26H,1H2. The van der Waals surface area contributed by atoms with Gasteiger partial charge in [-0.3, -0.25) is 4.98 Å². The van der Waals surface area contributed by atoms with Crippen molar-refractivity contribution in [3.63, 3.8) is 0 Å². The molecule has 1 heterocycles. The summed E-state index contributed by atoms with van der Waals surface area (Å²) in [4.78, 5) is 4.52. The first-order valence-corrected chi connectivity index (χ1v) is 14.1. The molecule has 0 N–H and O–H groups in total. The van der Waals surface area contributed by atoms with Crippen LogP contribution >= 0.6 is 0 Å². The monoisotopic (exact) mass is 521 g/mol. The van der Waals surface area contributed by atoms with Gasteiger partial charge in [0, 0.05) is 11.8 Å². The lowest BCUT2D eigenvalue weighted by Gasteiger charge is -2.30. The molecule has 0 fully saturated rings. The van der Waals surface area contributed by atoms with Crippen LogP contribution in [0.2, 0.25) is 0 Å². The highest BCUT2D eigenvalue weighted by atomic mass is 14.7. The van der Waals surface area contributed by atoms with Crippen molar-refractivity contribution in [1.29, 1.82) is 0 Å². The number of hydrogen-bond donors (Lipinski definition) is 0. The van der Waals surface area contributed by atoms with E-state index >= 15 is 0 Å². The molecule has 1 unspecified atom stereocenters. The Hall–Kier alpha value is -5.27. The molecule has 5 aromatic carbocycles. The molecule has 192 valence electrons. The van der Waals surface area contributed by atoms with Gasteiger partial charge in [-0.25, -0.2) is 0 Å². The maximum atomic E-state index is 4.66. The third-order valence-electron chi connectivity index (χ3n) is 8.70. The summed E-state index contributed by atoms with van der Waals surface area (Å²) in [6.45, 7) is 4.66. The fourth-order valence-corrected chi connectivity index (χ4v) is 6.71. The lowest BCUT2D eigenvalue weighted by Crippen LogP contribution is -2.36. The van der Waals surface area contributed by atoms with E-state index in [2.05, 4.69) is 139 Å². The Bertz CT molecular complexity index is 2090. The number of allylic oxidation sites excluding steroid dienone is 2. The predicted octanol–water partition coefficient (Wildman–Crippen LogP) is 8.16. The number of hydrogen-bond acceptors (Lipinski definition) is 1. The minimum atomic E-state index is -0.431. The molecule has 1 spiro atoms. The summed E-state index contributed by atoms with van der Waals surface area (Å²) in [6.07, 6.45) is 8.67. The smallest absolute Gasteiger partial charge is 0.0701 e.